The molecule has 0 spiro atoms. The number of aryl methyl sites for hydroxylation is 2. The van der Waals surface area contributed by atoms with Crippen LogP contribution in [0.25, 0.3) is 11.1 Å². The fourth-order valence-corrected chi connectivity index (χ4v) is 19.5. The van der Waals surface area contributed by atoms with Crippen molar-refractivity contribution in [2.45, 2.75) is 222 Å². The zero-order chi connectivity index (χ0) is 94.6. The summed E-state index contributed by atoms with van der Waals surface area (Å²) in [6.07, 6.45) is -14.1. The topological polar surface area (TPSA) is 560 Å². The number of phenolic OH excluding ortho intramolecular Hbond substituents is 2. The van der Waals surface area contributed by atoms with E-state index in [1.54, 1.807) is 6.92 Å². The largest absolute Gasteiger partial charge is 0.508 e. The lowest BCUT2D eigenvalue weighted by Gasteiger charge is -2.54. The van der Waals surface area contributed by atoms with Gasteiger partial charge in [0, 0.05) is 48.4 Å². The van der Waals surface area contributed by atoms with Crippen molar-refractivity contribution in [1.82, 2.24) is 58.5 Å². The molecule has 11 aliphatic rings. The minimum Gasteiger partial charge on any atom is -0.508 e. The van der Waals surface area contributed by atoms with E-state index >= 15 is 28.8 Å². The number of carbonyl (C=O) groups is 9. The van der Waals surface area contributed by atoms with Gasteiger partial charge in [0.15, 0.2) is 35.4 Å². The minimum absolute atomic E-state index is 0.0503. The van der Waals surface area contributed by atoms with Crippen molar-refractivity contribution in [3.8, 4) is 62.9 Å². The Labute approximate surface area is 766 Å². The lowest BCUT2D eigenvalue weighted by Crippen LogP contribution is -2.64. The third-order valence-corrected chi connectivity index (χ3v) is 26.1. The van der Waals surface area contributed by atoms with Crippen molar-refractivity contribution in [2.24, 2.45) is 35.3 Å². The second-order valence-electron chi connectivity index (χ2n) is 36.1. The van der Waals surface area contributed by atoms with E-state index in [2.05, 4.69) is 63.8 Å². The number of phenols is 2. The monoisotopic (exact) mass is 1850 g/mol. The number of urea groups is 1. The molecule has 712 valence electrons. The fraction of sp³-hybridized carbons (Fsp3) is 0.516. The standard InChI is InChI=1S/C93H118ClN13O25/c1-10-97-20-22-125-63-19-15-53(36-64(63)126-23-21-98-11-2)99-92(124)101-68(111)38-59-85(118)103-73-52-34-65(128-61-17-13-48(25-42(61)5)77(112)75(89(122)100-59)106-84(117)58(96-9)24-41(3)4)81(132-91-82(80(115)79(114)67(40-108)130-91)131-69-39-93(8,95)83(116)44(7)127-69)66(35-52)129-62-18-14-49(33-57(62)94)78(113)76-90(123)105-74(88(121)102-71-50-28-45-27-46(30-50)31-51(71)29-45)56-37-54(109)26-43(6)70(56)55-32-47(12-16-60(55)110)72(86(119)107-76)104-87(73)120/h12-19,25-26,32-37,41,44-46,50-51,58-59,67,69,71-80,82-83,91,96-98,108-110,112-116H,10-11,20-24,27-31,38-40,95H2,1-9H3,(H,100,122)(H,102,121)(H,103,118)(H,104,120)(H,105,123)(H,106,117)(H,107,119)(H2,99,101,111,124)/t44-,45?,46?,50?,51?,58+,59-,67+,69-,71?,72+,73+,74-,75+,76-,77+,78+,79+,80-,82+,83+,91-,93-/m0/s1. The van der Waals surface area contributed by atoms with E-state index in [4.69, 9.17) is 55.2 Å². The van der Waals surface area contributed by atoms with E-state index in [-0.39, 0.29) is 128 Å². The van der Waals surface area contributed by atoms with Gasteiger partial charge in [0.25, 0.3) is 0 Å². The summed E-state index contributed by atoms with van der Waals surface area (Å²) >= 11 is 7.35. The molecule has 6 aromatic rings. The Morgan fingerprint density at radius 2 is 1.30 bits per heavy atom. The van der Waals surface area contributed by atoms with Crippen LogP contribution in [0.5, 0.6) is 51.7 Å². The number of rotatable bonds is 25. The molecule has 6 fully saturated rings. The number of aliphatic hydroxyl groups is 6. The van der Waals surface area contributed by atoms with Crippen molar-refractivity contribution in [3.05, 3.63) is 141 Å². The molecular formula is C93H118ClN13O25. The van der Waals surface area contributed by atoms with Crippen LogP contribution >= 0.6 is 11.6 Å². The molecular weight excluding hydrogens is 1730 g/mol. The van der Waals surface area contributed by atoms with Gasteiger partial charge in [0.05, 0.1) is 36.3 Å². The molecule has 0 aromatic heterocycles. The first-order chi connectivity index (χ1) is 63.0. The zero-order valence-electron chi connectivity index (χ0n) is 74.6. The molecule has 18 atom stereocenters. The van der Waals surface area contributed by atoms with Crippen LogP contribution < -0.4 is 93.2 Å². The SMILES string of the molecule is CCNCCOc1ccc(NC(=O)NC(=O)C[C@@H]2NC(=O)[C@H](NC(=O)[C@@H](CC(C)C)NC)[C@H](O)c3ccc(c(C)c3)Oc3cc4cc(c3O[C@@H]3O[C@H](CO)[C@@H](O)[C@H](O)[C@H]3O[C@H]3C[C@](C)(N)[C@H](O)[C@H](C)O3)Oc3ccc(cc3Cl)[C@@H](O)[C@@H]3NC(=O)[C@H](NC(=O)[C@@H]4NC2=O)c2ccc(O)c(c2)-c2c(C)cc(O)cc2[C@@H](C(=O)NC2C4CC5CC(C4)CC2C5)NC3=O)cc1OCCNCC. The molecule has 22 N–H and O–H groups in total. The first-order valence-electron chi connectivity index (χ1n) is 44.7. The van der Waals surface area contributed by atoms with E-state index in [0.29, 0.717) is 43.8 Å². The van der Waals surface area contributed by atoms with Gasteiger partial charge in [-0.2, -0.15) is 0 Å². The predicted molar refractivity (Wildman–Crippen MR) is 476 cm³/mol. The Morgan fingerprint density at radius 1 is 0.659 bits per heavy atom. The Hall–Kier alpha value is -11.1. The van der Waals surface area contributed by atoms with Gasteiger partial charge in [-0.1, -0.05) is 57.5 Å². The lowest BCUT2D eigenvalue weighted by molar-refractivity contribution is -0.333. The number of imide groups is 1. The summed E-state index contributed by atoms with van der Waals surface area (Å²) in [4.78, 5) is 140. The molecule has 10 amide bonds. The Balaban J connectivity index is 0.945. The summed E-state index contributed by atoms with van der Waals surface area (Å²) in [5.41, 5.74) is 4.73. The van der Waals surface area contributed by atoms with Crippen LogP contribution in [0.2, 0.25) is 5.02 Å². The third kappa shape index (κ3) is 21.7. The second kappa shape index (κ2) is 41.6. The third-order valence-electron chi connectivity index (χ3n) is 25.8. The maximum Gasteiger partial charge on any atom is 0.325 e. The number of amides is 10. The fourth-order valence-electron chi connectivity index (χ4n) is 19.3. The molecule has 0 unspecified atom stereocenters. The summed E-state index contributed by atoms with van der Waals surface area (Å²) in [6, 6.07) is 5.33. The highest BCUT2D eigenvalue weighted by molar-refractivity contribution is 6.32. The number of likely N-dealkylation sites (N-methyl/N-ethyl adjacent to an activating group) is 3. The van der Waals surface area contributed by atoms with Gasteiger partial charge in [-0.15, -0.1) is 0 Å². The number of carbonyl (C=O) groups excluding carboxylic acids is 9. The van der Waals surface area contributed by atoms with Crippen molar-refractivity contribution in [3.63, 3.8) is 0 Å². The number of aromatic hydroxyl groups is 2. The van der Waals surface area contributed by atoms with E-state index < -0.39 is 204 Å². The molecule has 7 heterocycles. The number of nitrogens with two attached hydrogens (primary N) is 1. The van der Waals surface area contributed by atoms with Gasteiger partial charge in [-0.05, 0) is 233 Å². The van der Waals surface area contributed by atoms with Crippen LogP contribution in [0.3, 0.4) is 0 Å². The van der Waals surface area contributed by atoms with Gasteiger partial charge in [0.2, 0.25) is 59.3 Å². The number of benzene rings is 6. The molecule has 17 rings (SSSR count). The molecule has 4 aliphatic carbocycles. The normalized spacial score (nSPS) is 29.3. The quantitative estimate of drug-likeness (QED) is 0.0359. The number of hydrogen-bond donors (Lipinski definition) is 21. The molecule has 7 aliphatic heterocycles. The number of halogens is 1. The first-order valence-corrected chi connectivity index (χ1v) is 45.1. The predicted octanol–water partition coefficient (Wildman–Crippen LogP) is 4.06. The highest BCUT2D eigenvalue weighted by Crippen LogP contribution is 2.55. The van der Waals surface area contributed by atoms with Gasteiger partial charge in [-0.25, -0.2) is 4.79 Å². The summed E-state index contributed by atoms with van der Waals surface area (Å²) in [6.45, 7) is 15.3. The van der Waals surface area contributed by atoms with Crippen molar-refractivity contribution < 1.29 is 122 Å². The molecule has 0 radical (unpaired) electrons. The van der Waals surface area contributed by atoms with Gasteiger partial charge >= 0.3 is 6.03 Å². The highest BCUT2D eigenvalue weighted by atomic mass is 35.5. The summed E-state index contributed by atoms with van der Waals surface area (Å²) < 4.78 is 51.6. The van der Waals surface area contributed by atoms with E-state index in [1.807, 2.05) is 27.7 Å². The molecule has 132 heavy (non-hydrogen) atoms. The Kier molecular flexibility index (Phi) is 30.6. The van der Waals surface area contributed by atoms with E-state index in [9.17, 15) is 55.2 Å². The van der Waals surface area contributed by atoms with Crippen molar-refractivity contribution in [1.29, 1.82) is 0 Å². The molecule has 4 saturated carbocycles. The molecule has 2 saturated heterocycles. The molecule has 38 nitrogen and oxygen atoms in total. The highest BCUT2D eigenvalue weighted by Gasteiger charge is 2.53. The Bertz CT molecular complexity index is 5270. The van der Waals surface area contributed by atoms with Crippen molar-refractivity contribution >= 4 is 70.6 Å². The number of fused-ring (bicyclic) bond motifs is 15. The van der Waals surface area contributed by atoms with Gasteiger partial charge < -0.3 is 143 Å². The van der Waals surface area contributed by atoms with Gasteiger partial charge in [0.1, 0.15) is 103 Å². The average Bonchev–Trinajstić information content (AvgIpc) is 0.756. The van der Waals surface area contributed by atoms with Crippen LogP contribution in [0.1, 0.15) is 162 Å². The van der Waals surface area contributed by atoms with Crippen LogP contribution in [0.15, 0.2) is 97.1 Å². The van der Waals surface area contributed by atoms with E-state index in [1.165, 1.54) is 113 Å². The second-order valence-corrected chi connectivity index (χ2v) is 36.5. The smallest absolute Gasteiger partial charge is 0.325 e. The number of nitrogens with one attached hydrogen (secondary N) is 12. The number of aliphatic hydroxyl groups excluding tert-OH is 6. The molecule has 6 aromatic carbocycles. The zero-order valence-corrected chi connectivity index (χ0v) is 75.4. The van der Waals surface area contributed by atoms with Crippen LogP contribution in [-0.4, -0.2) is 232 Å². The number of anilines is 1. The summed E-state index contributed by atoms with van der Waals surface area (Å²) in [5, 5.41) is 128. The number of ether oxygens (including phenoxy) is 8. The van der Waals surface area contributed by atoms with Crippen molar-refractivity contribution in [2.75, 3.05) is 58.4 Å². The summed E-state index contributed by atoms with van der Waals surface area (Å²) in [5.74, 6) is -10.9. The van der Waals surface area contributed by atoms with Crippen LogP contribution in [0.4, 0.5) is 10.5 Å². The minimum atomic E-state index is -2.37. The lowest BCUT2D eigenvalue weighted by atomic mass is 9.54. The molecule has 15 bridgehead atoms. The van der Waals surface area contributed by atoms with Gasteiger partial charge in [-0.3, -0.25) is 43.7 Å². The average molecular weight is 1850 g/mol. The first kappa shape index (κ1) is 97.0. The van der Waals surface area contributed by atoms with Crippen LogP contribution in [0, 0.1) is 43.4 Å². The maximum absolute atomic E-state index is 16.8. The van der Waals surface area contributed by atoms with Crippen LogP contribution in [-0.2, 0) is 52.6 Å². The maximum atomic E-state index is 16.8. The van der Waals surface area contributed by atoms with E-state index in [0.717, 1.165) is 44.2 Å². The Morgan fingerprint density at radius 3 is 1.94 bits per heavy atom. The number of hydrogen-bond acceptors (Lipinski definition) is 29. The molecule has 39 heteroatoms. The summed E-state index contributed by atoms with van der Waals surface area (Å²) in [7, 11) is 1.50.